The molecule has 9 nitrogen and oxygen atoms in total. The van der Waals surface area contributed by atoms with Gasteiger partial charge >= 0.3 is 5.97 Å². The van der Waals surface area contributed by atoms with Crippen molar-refractivity contribution in [3.05, 3.63) is 58.0 Å². The summed E-state index contributed by atoms with van der Waals surface area (Å²) in [5.41, 5.74) is 3.10. The van der Waals surface area contributed by atoms with Crippen LogP contribution in [0, 0.1) is 13.8 Å². The van der Waals surface area contributed by atoms with E-state index in [9.17, 15) is 19.2 Å². The Kier molecular flexibility index (Phi) is 7.95. The van der Waals surface area contributed by atoms with E-state index in [-0.39, 0.29) is 10.7 Å². The predicted molar refractivity (Wildman–Crippen MR) is 128 cm³/mol. The molecule has 2 aromatic rings. The zero-order chi connectivity index (χ0) is 24.8. The van der Waals surface area contributed by atoms with E-state index >= 15 is 0 Å². The van der Waals surface area contributed by atoms with Crippen LogP contribution in [0.3, 0.4) is 0 Å². The maximum Gasteiger partial charge on any atom is 0.341 e. The average Bonchev–Trinajstić information content (AvgIpc) is 3.02. The number of ether oxygens (including phenoxy) is 2. The number of nitrogens with zero attached hydrogens (tertiary/aromatic N) is 1. The first-order valence-electron chi connectivity index (χ1n) is 10.4. The van der Waals surface area contributed by atoms with Crippen LogP contribution in [0.1, 0.15) is 23.6 Å². The molecule has 0 aliphatic carbocycles. The predicted octanol–water partition coefficient (Wildman–Crippen LogP) is 3.84. The molecule has 1 fully saturated rings. The van der Waals surface area contributed by atoms with Crippen molar-refractivity contribution in [3.63, 3.8) is 0 Å². The van der Waals surface area contributed by atoms with Crippen molar-refractivity contribution in [1.82, 2.24) is 4.90 Å². The van der Waals surface area contributed by atoms with Crippen LogP contribution in [0.25, 0.3) is 6.08 Å². The van der Waals surface area contributed by atoms with Gasteiger partial charge in [0.05, 0.1) is 11.5 Å². The molecule has 0 spiro atoms. The van der Waals surface area contributed by atoms with Crippen molar-refractivity contribution >= 4 is 46.5 Å². The standard InChI is InChI=1S/C24H24N2O7S/c1-4-32-19-10-16(6-8-18(19)33-13-22(28)29)11-20-23(30)26(24(31)34-20)12-21(27)25-17-7-5-14(2)9-15(17)3/h5-11H,4,12-13H2,1-3H3,(H,25,27)(H,28,29)/b20-11+. The summed E-state index contributed by atoms with van der Waals surface area (Å²) >= 11 is 0.736. The highest BCUT2D eigenvalue weighted by atomic mass is 32.2. The first-order valence-corrected chi connectivity index (χ1v) is 11.2. The molecule has 0 saturated carbocycles. The van der Waals surface area contributed by atoms with Crippen LogP contribution in [0.5, 0.6) is 11.5 Å². The topological polar surface area (TPSA) is 122 Å². The second kappa shape index (κ2) is 10.9. The molecule has 1 aliphatic heterocycles. The van der Waals surface area contributed by atoms with Gasteiger partial charge in [0, 0.05) is 5.69 Å². The quantitative estimate of drug-likeness (QED) is 0.515. The third-order valence-electron chi connectivity index (χ3n) is 4.75. The SMILES string of the molecule is CCOc1cc(/C=C2/SC(=O)N(CC(=O)Nc3ccc(C)cc3C)C2=O)ccc1OCC(=O)O. The average molecular weight is 485 g/mol. The highest BCUT2D eigenvalue weighted by Crippen LogP contribution is 2.34. The van der Waals surface area contributed by atoms with Crippen molar-refractivity contribution in [2.24, 2.45) is 0 Å². The lowest BCUT2D eigenvalue weighted by atomic mass is 10.1. The number of carbonyl (C=O) groups is 4. The molecule has 1 saturated heterocycles. The van der Waals surface area contributed by atoms with Crippen LogP contribution >= 0.6 is 11.8 Å². The Hall–Kier alpha value is -3.79. The van der Waals surface area contributed by atoms with E-state index in [1.54, 1.807) is 25.1 Å². The molecule has 1 heterocycles. The number of anilines is 1. The second-order valence-corrected chi connectivity index (χ2v) is 8.45. The first kappa shape index (κ1) is 24.8. The normalized spacial score (nSPS) is 14.4. The third-order valence-corrected chi connectivity index (χ3v) is 5.66. The Morgan fingerprint density at radius 1 is 1.09 bits per heavy atom. The summed E-state index contributed by atoms with van der Waals surface area (Å²) in [6.45, 7) is 4.96. The van der Waals surface area contributed by atoms with Gasteiger partial charge in [0.25, 0.3) is 11.1 Å². The maximum atomic E-state index is 12.8. The molecule has 34 heavy (non-hydrogen) atoms. The molecule has 2 aromatic carbocycles. The van der Waals surface area contributed by atoms with Gasteiger partial charge in [-0.25, -0.2) is 4.79 Å². The van der Waals surface area contributed by atoms with Crippen molar-refractivity contribution in [3.8, 4) is 11.5 Å². The molecular weight excluding hydrogens is 460 g/mol. The van der Waals surface area contributed by atoms with E-state index in [1.165, 1.54) is 12.1 Å². The summed E-state index contributed by atoms with van der Waals surface area (Å²) in [4.78, 5) is 49.5. The van der Waals surface area contributed by atoms with Crippen molar-refractivity contribution in [1.29, 1.82) is 0 Å². The Bertz CT molecular complexity index is 1180. The fourth-order valence-electron chi connectivity index (χ4n) is 3.22. The number of carboxylic acid groups (broad SMARTS) is 1. The molecule has 0 radical (unpaired) electrons. The first-order chi connectivity index (χ1) is 16.2. The number of imide groups is 1. The van der Waals surface area contributed by atoms with Gasteiger partial charge in [-0.05, 0) is 67.9 Å². The Morgan fingerprint density at radius 2 is 1.85 bits per heavy atom. The number of carbonyl (C=O) groups excluding carboxylic acids is 3. The second-order valence-electron chi connectivity index (χ2n) is 7.46. The number of benzene rings is 2. The van der Waals surface area contributed by atoms with Crippen molar-refractivity contribution in [2.45, 2.75) is 20.8 Å². The van der Waals surface area contributed by atoms with Crippen LogP contribution < -0.4 is 14.8 Å². The summed E-state index contributed by atoms with van der Waals surface area (Å²) in [5.74, 6) is -1.62. The minimum Gasteiger partial charge on any atom is -0.490 e. The van der Waals surface area contributed by atoms with Gasteiger partial charge < -0.3 is 19.9 Å². The number of carboxylic acids is 1. The third kappa shape index (κ3) is 6.16. The van der Waals surface area contributed by atoms with Crippen LogP contribution in [0.4, 0.5) is 10.5 Å². The molecule has 0 bridgehead atoms. The van der Waals surface area contributed by atoms with Crippen LogP contribution in [0.15, 0.2) is 41.3 Å². The van der Waals surface area contributed by atoms with E-state index in [4.69, 9.17) is 14.6 Å². The Labute approximate surface area is 200 Å². The van der Waals surface area contributed by atoms with E-state index < -0.39 is 36.2 Å². The number of rotatable bonds is 9. The number of thioether (sulfide) groups is 1. The van der Waals surface area contributed by atoms with Crippen LogP contribution in [-0.2, 0) is 14.4 Å². The highest BCUT2D eigenvalue weighted by molar-refractivity contribution is 8.18. The number of hydrogen-bond acceptors (Lipinski definition) is 7. The molecule has 0 unspecified atom stereocenters. The summed E-state index contributed by atoms with van der Waals surface area (Å²) in [6.07, 6.45) is 1.51. The van der Waals surface area contributed by atoms with Gasteiger partial charge in [0.1, 0.15) is 6.54 Å². The minimum atomic E-state index is -1.12. The fourth-order valence-corrected chi connectivity index (χ4v) is 4.05. The van der Waals surface area contributed by atoms with Gasteiger partial charge in [-0.3, -0.25) is 19.3 Å². The van der Waals surface area contributed by atoms with Gasteiger partial charge in [0.2, 0.25) is 5.91 Å². The zero-order valence-corrected chi connectivity index (χ0v) is 19.7. The van der Waals surface area contributed by atoms with E-state index in [0.29, 0.717) is 23.6 Å². The molecule has 3 amide bonds. The number of hydrogen-bond donors (Lipinski definition) is 2. The molecule has 1 aliphatic rings. The van der Waals surface area contributed by atoms with Crippen LogP contribution in [0.2, 0.25) is 0 Å². The number of aryl methyl sites for hydroxylation is 2. The molecule has 10 heteroatoms. The monoisotopic (exact) mass is 484 g/mol. The van der Waals surface area contributed by atoms with E-state index in [0.717, 1.165) is 27.8 Å². The molecule has 178 valence electrons. The highest BCUT2D eigenvalue weighted by Gasteiger charge is 2.36. The molecular formula is C24H24N2O7S. The maximum absolute atomic E-state index is 12.8. The van der Waals surface area contributed by atoms with Gasteiger partial charge in [-0.2, -0.15) is 0 Å². The molecule has 3 rings (SSSR count). The van der Waals surface area contributed by atoms with Crippen LogP contribution in [-0.4, -0.2) is 52.8 Å². The minimum absolute atomic E-state index is 0.158. The molecule has 0 atom stereocenters. The number of amides is 3. The Balaban J connectivity index is 1.72. The van der Waals surface area contributed by atoms with Gasteiger partial charge in [0.15, 0.2) is 18.1 Å². The largest absolute Gasteiger partial charge is 0.490 e. The summed E-state index contributed by atoms with van der Waals surface area (Å²) in [6, 6.07) is 10.3. The van der Waals surface area contributed by atoms with Gasteiger partial charge in [-0.15, -0.1) is 0 Å². The number of aliphatic carboxylic acids is 1. The summed E-state index contributed by atoms with van der Waals surface area (Å²) in [5, 5.41) is 11.0. The van der Waals surface area contributed by atoms with Crippen molar-refractivity contribution in [2.75, 3.05) is 25.1 Å². The summed E-state index contributed by atoms with van der Waals surface area (Å²) in [7, 11) is 0. The van der Waals surface area contributed by atoms with Crippen molar-refractivity contribution < 1.29 is 33.8 Å². The molecule has 0 aromatic heterocycles. The lowest BCUT2D eigenvalue weighted by molar-refractivity contribution is -0.139. The smallest absolute Gasteiger partial charge is 0.341 e. The molecule has 2 N–H and O–H groups in total. The Morgan fingerprint density at radius 3 is 2.53 bits per heavy atom. The van der Waals surface area contributed by atoms with Gasteiger partial charge in [-0.1, -0.05) is 23.8 Å². The van der Waals surface area contributed by atoms with E-state index in [2.05, 4.69) is 5.32 Å². The fraction of sp³-hybridized carbons (Fsp3) is 0.250. The lowest BCUT2D eigenvalue weighted by Crippen LogP contribution is -2.36. The lowest BCUT2D eigenvalue weighted by Gasteiger charge is -2.14. The zero-order valence-electron chi connectivity index (χ0n) is 18.9. The number of nitrogens with one attached hydrogen (secondary N) is 1. The summed E-state index contributed by atoms with van der Waals surface area (Å²) < 4.78 is 10.7. The van der Waals surface area contributed by atoms with E-state index in [1.807, 2.05) is 26.0 Å².